The van der Waals surface area contributed by atoms with E-state index in [0.717, 1.165) is 16.7 Å². The van der Waals surface area contributed by atoms with Crippen LogP contribution in [0.4, 0.5) is 0 Å². The second-order valence-electron chi connectivity index (χ2n) is 10.2. The molecular weight excluding hydrogens is 732 g/mol. The molecule has 3 aromatic carbocycles. The van der Waals surface area contributed by atoms with Crippen LogP contribution in [0.2, 0.25) is 5.02 Å². The molecule has 4 aromatic rings. The third-order valence-corrected chi connectivity index (χ3v) is 9.26. The molecule has 2 heterocycles. The Kier molecular flexibility index (Phi) is 10.1. The number of carbonyl (C=O) groups excluding carboxylic acids is 1. The van der Waals surface area contributed by atoms with Crippen LogP contribution in [0.15, 0.2) is 90.7 Å². The Balaban J connectivity index is 1.55. The number of halogens is 3. The number of nitrogens with zero attached hydrogens (tertiary/aromatic N) is 2. The quantitative estimate of drug-likeness (QED) is 0.167. The molecule has 1 aliphatic heterocycles. The Bertz CT molecular complexity index is 1910. The maximum absolute atomic E-state index is 14.0. The normalized spacial score (nSPS) is 14.8. The number of rotatable bonds is 9. The van der Waals surface area contributed by atoms with Gasteiger partial charge in [0.15, 0.2) is 4.80 Å². The smallest absolute Gasteiger partial charge is 0.338 e. The minimum atomic E-state index is -0.709. The molecule has 11 heteroatoms. The summed E-state index contributed by atoms with van der Waals surface area (Å²) in [6, 6.07) is 18.0. The zero-order valence-corrected chi connectivity index (χ0v) is 29.1. The summed E-state index contributed by atoms with van der Waals surface area (Å²) in [6.07, 6.45) is 1.82. The minimum Gasteiger partial charge on any atom is -0.491 e. The van der Waals surface area contributed by atoms with Crippen molar-refractivity contribution in [2.24, 2.45) is 4.99 Å². The van der Waals surface area contributed by atoms with Crippen molar-refractivity contribution in [1.82, 2.24) is 4.57 Å². The van der Waals surface area contributed by atoms with E-state index in [0.29, 0.717) is 52.7 Å². The molecule has 0 saturated heterocycles. The molecule has 0 radical (unpaired) electrons. The number of thiazole rings is 1. The minimum absolute atomic E-state index is 0.0128. The Morgan fingerprint density at radius 1 is 1.11 bits per heavy atom. The van der Waals surface area contributed by atoms with Gasteiger partial charge in [0, 0.05) is 10.6 Å². The monoisotopic (exact) mass is 758 g/mol. The van der Waals surface area contributed by atoms with E-state index in [-0.39, 0.29) is 18.3 Å². The zero-order valence-electron chi connectivity index (χ0n) is 24.4. The number of benzene rings is 3. The van der Waals surface area contributed by atoms with Gasteiger partial charge in [0.05, 0.1) is 43.5 Å². The van der Waals surface area contributed by atoms with Crippen LogP contribution in [0.1, 0.15) is 50.4 Å². The molecule has 7 nitrogen and oxygen atoms in total. The molecule has 0 N–H and O–H groups in total. The third-order valence-electron chi connectivity index (χ3n) is 6.73. The maximum atomic E-state index is 14.0. The second kappa shape index (κ2) is 13.9. The van der Waals surface area contributed by atoms with Crippen LogP contribution in [0.25, 0.3) is 6.08 Å². The first-order valence-electron chi connectivity index (χ1n) is 13.9. The summed E-state index contributed by atoms with van der Waals surface area (Å²) in [7, 11) is 0. The number of carbonyl (C=O) groups is 1. The van der Waals surface area contributed by atoms with Crippen LogP contribution >= 0.6 is 54.8 Å². The van der Waals surface area contributed by atoms with Gasteiger partial charge in [-0.15, -0.1) is 0 Å². The van der Waals surface area contributed by atoms with Gasteiger partial charge < -0.3 is 14.2 Å². The molecule has 1 aromatic heterocycles. The van der Waals surface area contributed by atoms with Crippen molar-refractivity contribution in [3.63, 3.8) is 0 Å². The number of hydrogen-bond donors (Lipinski definition) is 0. The van der Waals surface area contributed by atoms with Crippen LogP contribution in [0, 0.1) is 0 Å². The highest BCUT2D eigenvalue weighted by Gasteiger charge is 2.33. The molecule has 0 saturated carbocycles. The van der Waals surface area contributed by atoms with Gasteiger partial charge in [0.2, 0.25) is 0 Å². The first-order chi connectivity index (χ1) is 21.1. The van der Waals surface area contributed by atoms with Crippen LogP contribution in [0.5, 0.6) is 11.5 Å². The van der Waals surface area contributed by atoms with Crippen LogP contribution in [0.3, 0.4) is 0 Å². The number of esters is 1. The number of ether oxygens (including phenoxy) is 3. The average Bonchev–Trinajstić information content (AvgIpc) is 3.26. The van der Waals surface area contributed by atoms with E-state index in [1.54, 1.807) is 24.5 Å². The largest absolute Gasteiger partial charge is 0.491 e. The Hall–Kier alpha value is -3.18. The fourth-order valence-electron chi connectivity index (χ4n) is 4.83. The summed E-state index contributed by atoms with van der Waals surface area (Å²) in [5.41, 5.74) is 2.96. The van der Waals surface area contributed by atoms with E-state index in [2.05, 4.69) is 36.9 Å². The predicted octanol–water partition coefficient (Wildman–Crippen LogP) is 7.34. The lowest BCUT2D eigenvalue weighted by Gasteiger charge is -2.25. The van der Waals surface area contributed by atoms with Gasteiger partial charge in [-0.25, -0.2) is 9.79 Å². The first kappa shape index (κ1) is 32.2. The summed E-state index contributed by atoms with van der Waals surface area (Å²) in [6.45, 7) is 7.92. The Morgan fingerprint density at radius 3 is 2.43 bits per heavy atom. The lowest BCUT2D eigenvalue weighted by atomic mass is 9.96. The zero-order chi connectivity index (χ0) is 31.5. The lowest BCUT2D eigenvalue weighted by Crippen LogP contribution is -2.39. The van der Waals surface area contributed by atoms with Crippen molar-refractivity contribution >= 4 is 66.8 Å². The molecule has 5 rings (SSSR count). The van der Waals surface area contributed by atoms with Gasteiger partial charge in [-0.3, -0.25) is 9.36 Å². The fourth-order valence-corrected chi connectivity index (χ4v) is 7.51. The summed E-state index contributed by atoms with van der Waals surface area (Å²) in [4.78, 5) is 32.3. The maximum Gasteiger partial charge on any atom is 0.338 e. The summed E-state index contributed by atoms with van der Waals surface area (Å²) < 4.78 is 20.7. The summed E-state index contributed by atoms with van der Waals surface area (Å²) in [5, 5.41) is 0.631. The van der Waals surface area contributed by atoms with Crippen molar-refractivity contribution in [2.45, 2.75) is 46.4 Å². The van der Waals surface area contributed by atoms with Gasteiger partial charge in [0.1, 0.15) is 18.1 Å². The van der Waals surface area contributed by atoms with Gasteiger partial charge in [-0.05, 0) is 107 Å². The highest BCUT2D eigenvalue weighted by Crippen LogP contribution is 2.36. The fraction of sp³-hybridized carbons (Fsp3) is 0.242. The highest BCUT2D eigenvalue weighted by atomic mass is 79.9. The van der Waals surface area contributed by atoms with E-state index in [1.807, 2.05) is 74.5 Å². The molecule has 0 fully saturated rings. The Morgan fingerprint density at radius 2 is 1.80 bits per heavy atom. The molecule has 0 unspecified atom stereocenters. The Labute approximate surface area is 280 Å². The van der Waals surface area contributed by atoms with Crippen LogP contribution < -0.4 is 24.4 Å². The molecule has 0 spiro atoms. The molecule has 228 valence electrons. The molecule has 0 aliphatic carbocycles. The van der Waals surface area contributed by atoms with Crippen molar-refractivity contribution in [3.8, 4) is 11.5 Å². The highest BCUT2D eigenvalue weighted by molar-refractivity contribution is 9.11. The lowest BCUT2D eigenvalue weighted by molar-refractivity contribution is -0.139. The standard InChI is InChI=1S/C33H29Br2ClN2O5S/c1-5-41-32(40)28-19(4)37-33-38(29(28)21-10-12-23(13-11-21)43-18(2)3)31(39)27(44-33)16-20-14-24(34)30(25(35)15-20)42-17-22-8-6-7-9-26(22)36/h6-16,18,29H,5,17H2,1-4H3/b27-16-/t29-/m1/s1. The number of allylic oxidation sites excluding steroid dienone is 1. The first-order valence-corrected chi connectivity index (χ1v) is 16.7. The van der Waals surface area contributed by atoms with Crippen molar-refractivity contribution in [2.75, 3.05) is 6.61 Å². The molecule has 1 atom stereocenters. The van der Waals surface area contributed by atoms with Gasteiger partial charge >= 0.3 is 5.97 Å². The van der Waals surface area contributed by atoms with E-state index in [4.69, 9.17) is 25.8 Å². The van der Waals surface area contributed by atoms with E-state index >= 15 is 0 Å². The molecule has 0 bridgehead atoms. The van der Waals surface area contributed by atoms with Gasteiger partial charge in [-0.1, -0.05) is 53.3 Å². The molecule has 0 amide bonds. The second-order valence-corrected chi connectivity index (χ2v) is 13.4. The van der Waals surface area contributed by atoms with Gasteiger partial charge in [-0.2, -0.15) is 0 Å². The topological polar surface area (TPSA) is 79.1 Å². The van der Waals surface area contributed by atoms with E-state index < -0.39 is 12.0 Å². The average molecular weight is 761 g/mol. The van der Waals surface area contributed by atoms with Crippen LogP contribution in [-0.4, -0.2) is 23.2 Å². The van der Waals surface area contributed by atoms with Crippen LogP contribution in [-0.2, 0) is 16.1 Å². The van der Waals surface area contributed by atoms with Crippen molar-refractivity contribution in [1.29, 1.82) is 0 Å². The number of hydrogen-bond acceptors (Lipinski definition) is 7. The third kappa shape index (κ3) is 6.88. The molecule has 44 heavy (non-hydrogen) atoms. The SMILES string of the molecule is CCOC(=O)C1=C(C)N=c2s/c(=C\c3cc(Br)c(OCc4ccccc4Cl)c(Br)c3)c(=O)n2[C@@H]1c1ccc(OC(C)C)cc1. The molecule has 1 aliphatic rings. The summed E-state index contributed by atoms with van der Waals surface area (Å²) >= 11 is 14.8. The number of aromatic nitrogens is 1. The number of fused-ring (bicyclic) bond motifs is 1. The molecular formula is C33H29Br2ClN2O5S. The predicted molar refractivity (Wildman–Crippen MR) is 180 cm³/mol. The van der Waals surface area contributed by atoms with Crippen molar-refractivity contribution in [3.05, 3.63) is 122 Å². The van der Waals surface area contributed by atoms with E-state index in [1.165, 1.54) is 11.3 Å². The van der Waals surface area contributed by atoms with Gasteiger partial charge in [0.25, 0.3) is 5.56 Å². The van der Waals surface area contributed by atoms with E-state index in [9.17, 15) is 9.59 Å². The summed E-state index contributed by atoms with van der Waals surface area (Å²) in [5.74, 6) is 0.809. The van der Waals surface area contributed by atoms with Crippen molar-refractivity contribution < 1.29 is 19.0 Å².